The number of hydrogen-bond acceptors (Lipinski definition) is 8. The summed E-state index contributed by atoms with van der Waals surface area (Å²) in [7, 11) is -1.04. The Morgan fingerprint density at radius 3 is 2.53 bits per heavy atom. The fourth-order valence-corrected chi connectivity index (χ4v) is 7.40. The van der Waals surface area contributed by atoms with Gasteiger partial charge in [-0.25, -0.2) is 22.7 Å². The van der Waals surface area contributed by atoms with E-state index in [9.17, 15) is 8.42 Å². The number of ether oxygens (including phenoxy) is 3. The molecular formula is C33H36N4O5S. The number of aromatic nitrogens is 2. The molecule has 1 fully saturated rings. The minimum Gasteiger partial charge on any atom is -0.497 e. The van der Waals surface area contributed by atoms with Gasteiger partial charge in [0.25, 0.3) is 10.0 Å². The van der Waals surface area contributed by atoms with Gasteiger partial charge in [-0.1, -0.05) is 30.3 Å². The molecule has 2 aliphatic rings. The normalized spacial score (nSPS) is 16.6. The molecule has 0 N–H and O–H groups in total. The summed E-state index contributed by atoms with van der Waals surface area (Å²) in [5, 5.41) is 0. The van der Waals surface area contributed by atoms with E-state index in [4.69, 9.17) is 14.2 Å². The third-order valence-corrected chi connectivity index (χ3v) is 9.86. The zero-order chi connectivity index (χ0) is 29.8. The minimum absolute atomic E-state index is 0.0385. The predicted molar refractivity (Wildman–Crippen MR) is 166 cm³/mol. The van der Waals surface area contributed by atoms with Gasteiger partial charge in [-0.15, -0.1) is 0 Å². The van der Waals surface area contributed by atoms with Crippen molar-refractivity contribution in [2.45, 2.75) is 49.6 Å². The molecule has 10 heteroatoms. The molecule has 2 aliphatic heterocycles. The lowest BCUT2D eigenvalue weighted by molar-refractivity contribution is 0.287. The molecule has 0 radical (unpaired) electrons. The maximum Gasteiger partial charge on any atom is 0.267 e. The van der Waals surface area contributed by atoms with Gasteiger partial charge < -0.3 is 19.1 Å². The number of piperidine rings is 1. The Balaban J connectivity index is 1.47. The molecule has 3 aromatic carbocycles. The van der Waals surface area contributed by atoms with Crippen LogP contribution in [-0.4, -0.2) is 45.8 Å². The van der Waals surface area contributed by atoms with Crippen LogP contribution < -0.4 is 23.4 Å². The van der Waals surface area contributed by atoms with Crippen LogP contribution in [0, 0.1) is 0 Å². The summed E-state index contributed by atoms with van der Waals surface area (Å²) in [6.45, 7) is 1.35. The molecule has 0 bridgehead atoms. The van der Waals surface area contributed by atoms with E-state index < -0.39 is 10.0 Å². The van der Waals surface area contributed by atoms with Gasteiger partial charge in [-0.05, 0) is 61.9 Å². The first-order valence-electron chi connectivity index (χ1n) is 14.6. The van der Waals surface area contributed by atoms with Crippen LogP contribution in [-0.2, 0) is 23.0 Å². The standard InChI is InChI=1S/C33H36N4O5S/c1-40-26-15-14-25(31(20-26)41-2)23-37(33-34-16-9-17-35-33)43(38,39)27-21-30(28-12-8-19-42-32(28)22-27)36-18-7-6-13-29(36)24-10-4-3-5-11-24/h3-5,9-11,14-17,20-22,29H,6-8,12-13,18-19,23H2,1-2H3/t29-/m1/s1. The summed E-state index contributed by atoms with van der Waals surface area (Å²) >= 11 is 0. The average molecular weight is 601 g/mol. The Morgan fingerprint density at radius 2 is 1.77 bits per heavy atom. The van der Waals surface area contributed by atoms with E-state index >= 15 is 0 Å². The highest BCUT2D eigenvalue weighted by atomic mass is 32.2. The Hall–Kier alpha value is -4.31. The van der Waals surface area contributed by atoms with Crippen LogP contribution in [0.15, 0.2) is 84.0 Å². The second-order valence-electron chi connectivity index (χ2n) is 10.7. The molecule has 6 rings (SSSR count). The smallest absolute Gasteiger partial charge is 0.267 e. The molecule has 224 valence electrons. The molecule has 0 unspecified atom stereocenters. The largest absolute Gasteiger partial charge is 0.497 e. The molecule has 0 saturated carbocycles. The summed E-state index contributed by atoms with van der Waals surface area (Å²) in [4.78, 5) is 11.2. The molecule has 43 heavy (non-hydrogen) atoms. The molecule has 0 amide bonds. The van der Waals surface area contributed by atoms with Crippen molar-refractivity contribution in [1.29, 1.82) is 0 Å². The molecule has 3 heterocycles. The number of rotatable bonds is 9. The summed E-state index contributed by atoms with van der Waals surface area (Å²) in [6.07, 6.45) is 7.95. The van der Waals surface area contributed by atoms with Crippen molar-refractivity contribution in [3.63, 3.8) is 0 Å². The molecule has 0 spiro atoms. The van der Waals surface area contributed by atoms with Gasteiger partial charge in [-0.3, -0.25) is 0 Å². The first-order valence-corrected chi connectivity index (χ1v) is 16.1. The lowest BCUT2D eigenvalue weighted by atomic mass is 9.93. The number of benzene rings is 3. The van der Waals surface area contributed by atoms with Crippen molar-refractivity contribution in [2.75, 3.05) is 36.6 Å². The van der Waals surface area contributed by atoms with Crippen molar-refractivity contribution < 1.29 is 22.6 Å². The van der Waals surface area contributed by atoms with Crippen LogP contribution in [0.4, 0.5) is 11.6 Å². The molecule has 0 aliphatic carbocycles. The Morgan fingerprint density at radius 1 is 0.953 bits per heavy atom. The maximum atomic E-state index is 14.6. The predicted octanol–water partition coefficient (Wildman–Crippen LogP) is 5.95. The van der Waals surface area contributed by atoms with Crippen molar-refractivity contribution in [2.24, 2.45) is 0 Å². The quantitative estimate of drug-likeness (QED) is 0.233. The second-order valence-corrected chi connectivity index (χ2v) is 12.6. The molecule has 1 saturated heterocycles. The molecule has 4 aromatic rings. The van der Waals surface area contributed by atoms with Gasteiger partial charge >= 0.3 is 0 Å². The van der Waals surface area contributed by atoms with Gasteiger partial charge in [-0.2, -0.15) is 0 Å². The van der Waals surface area contributed by atoms with Crippen LogP contribution in [0.2, 0.25) is 0 Å². The van der Waals surface area contributed by atoms with E-state index in [0.717, 1.165) is 49.9 Å². The molecule has 1 aromatic heterocycles. The van der Waals surface area contributed by atoms with Gasteiger partial charge in [0.2, 0.25) is 5.95 Å². The van der Waals surface area contributed by atoms with E-state index in [2.05, 4.69) is 39.1 Å². The summed E-state index contributed by atoms with van der Waals surface area (Å²) in [5.41, 5.74) is 3.86. The fourth-order valence-electron chi connectivity index (χ4n) is 6.01. The lowest BCUT2D eigenvalue weighted by Gasteiger charge is -2.40. The van der Waals surface area contributed by atoms with Crippen molar-refractivity contribution in [3.05, 3.63) is 95.8 Å². The van der Waals surface area contributed by atoms with E-state index in [1.165, 1.54) is 22.3 Å². The molecular weight excluding hydrogens is 564 g/mol. The third kappa shape index (κ3) is 5.84. The first kappa shape index (κ1) is 28.8. The van der Waals surface area contributed by atoms with Crippen LogP contribution in [0.25, 0.3) is 0 Å². The topological polar surface area (TPSA) is 94.1 Å². The molecule has 9 nitrogen and oxygen atoms in total. The van der Waals surface area contributed by atoms with Gasteiger partial charge in [0.1, 0.15) is 17.2 Å². The van der Waals surface area contributed by atoms with Crippen LogP contribution in [0.1, 0.15) is 48.4 Å². The van der Waals surface area contributed by atoms with Gasteiger partial charge in [0.15, 0.2) is 0 Å². The lowest BCUT2D eigenvalue weighted by Crippen LogP contribution is -2.35. The highest BCUT2D eigenvalue weighted by molar-refractivity contribution is 7.92. The van der Waals surface area contributed by atoms with Gasteiger partial charge in [0.05, 0.1) is 38.3 Å². The number of methoxy groups -OCH3 is 2. The monoisotopic (exact) mass is 600 g/mol. The Labute approximate surface area is 253 Å². The SMILES string of the molecule is COc1ccc(CN(c2ncccn2)S(=O)(=O)c2cc3c(c(N4CCCC[C@@H]4c4ccccc4)c2)CCCO3)c(OC)c1. The van der Waals surface area contributed by atoms with E-state index in [0.29, 0.717) is 29.4 Å². The highest BCUT2D eigenvalue weighted by Crippen LogP contribution is 2.43. The fraction of sp³-hybridized carbons (Fsp3) is 0.333. The highest BCUT2D eigenvalue weighted by Gasteiger charge is 2.34. The first-order chi connectivity index (χ1) is 21.0. The van der Waals surface area contributed by atoms with Crippen molar-refractivity contribution in [1.82, 2.24) is 9.97 Å². The van der Waals surface area contributed by atoms with Crippen LogP contribution in [0.5, 0.6) is 17.2 Å². The van der Waals surface area contributed by atoms with E-state index in [1.807, 2.05) is 12.1 Å². The van der Waals surface area contributed by atoms with Gasteiger partial charge in [0, 0.05) is 47.9 Å². The van der Waals surface area contributed by atoms with Crippen molar-refractivity contribution >= 4 is 21.7 Å². The van der Waals surface area contributed by atoms with Crippen LogP contribution >= 0.6 is 0 Å². The zero-order valence-electron chi connectivity index (χ0n) is 24.5. The molecule has 1 atom stereocenters. The average Bonchev–Trinajstić information content (AvgIpc) is 3.07. The zero-order valence-corrected chi connectivity index (χ0v) is 25.3. The van der Waals surface area contributed by atoms with E-state index in [-0.39, 0.29) is 23.4 Å². The van der Waals surface area contributed by atoms with Crippen molar-refractivity contribution in [3.8, 4) is 17.2 Å². The number of sulfonamides is 1. The second kappa shape index (κ2) is 12.5. The Kier molecular flexibility index (Phi) is 8.38. The Bertz CT molecular complexity index is 1670. The minimum atomic E-state index is -4.15. The maximum absolute atomic E-state index is 14.6. The summed E-state index contributed by atoms with van der Waals surface area (Å²) in [6, 6.07) is 21.1. The number of fused-ring (bicyclic) bond motifs is 1. The summed E-state index contributed by atoms with van der Waals surface area (Å²) in [5.74, 6) is 1.80. The number of hydrogen-bond donors (Lipinski definition) is 0. The number of anilines is 2. The number of nitrogens with zero attached hydrogens (tertiary/aromatic N) is 4. The van der Waals surface area contributed by atoms with Crippen LogP contribution in [0.3, 0.4) is 0 Å². The summed E-state index contributed by atoms with van der Waals surface area (Å²) < 4.78 is 47.6. The van der Waals surface area contributed by atoms with E-state index in [1.54, 1.807) is 44.6 Å². The third-order valence-electron chi connectivity index (χ3n) is 8.16.